The number of rotatable bonds is 3. The monoisotopic (exact) mass is 316 g/mol. The molecule has 1 aromatic rings. The molecule has 0 aliphatic carbocycles. The van der Waals surface area contributed by atoms with E-state index in [4.69, 9.17) is 9.84 Å². The molecule has 1 saturated heterocycles. The quantitative estimate of drug-likeness (QED) is 0.873. The number of nitrogens with zero attached hydrogens (tertiary/aromatic N) is 2. The van der Waals surface area contributed by atoms with Crippen LogP contribution < -0.4 is 0 Å². The van der Waals surface area contributed by atoms with Gasteiger partial charge in [0.05, 0.1) is 13.2 Å². The first kappa shape index (κ1) is 15.2. The van der Waals surface area contributed by atoms with Crippen molar-refractivity contribution in [3.05, 3.63) is 42.0 Å². The molecule has 3 rings (SSSR count). The average Bonchev–Trinajstić information content (AvgIpc) is 2.80. The summed E-state index contributed by atoms with van der Waals surface area (Å²) >= 11 is 0. The van der Waals surface area contributed by atoms with E-state index in [-0.39, 0.29) is 31.5 Å². The Morgan fingerprint density at radius 2 is 2.00 bits per heavy atom. The molecule has 23 heavy (non-hydrogen) atoms. The van der Waals surface area contributed by atoms with Crippen LogP contribution >= 0.6 is 0 Å². The van der Waals surface area contributed by atoms with Crippen molar-refractivity contribution in [1.82, 2.24) is 9.80 Å². The van der Waals surface area contributed by atoms with Crippen LogP contribution in [-0.4, -0.2) is 65.0 Å². The zero-order chi connectivity index (χ0) is 16.6. The van der Waals surface area contributed by atoms with Gasteiger partial charge in [-0.25, -0.2) is 4.79 Å². The number of carbonyl (C=O) groups is 3. The molecule has 1 aromatic carbocycles. The molecule has 1 fully saturated rings. The van der Waals surface area contributed by atoms with Crippen LogP contribution in [0.5, 0.6) is 0 Å². The minimum absolute atomic E-state index is 0.0182. The molecule has 0 aromatic heterocycles. The number of morpholine rings is 1. The van der Waals surface area contributed by atoms with E-state index in [2.05, 4.69) is 6.58 Å². The lowest BCUT2D eigenvalue weighted by Crippen LogP contribution is -2.51. The van der Waals surface area contributed by atoms with Gasteiger partial charge < -0.3 is 14.7 Å². The second kappa shape index (κ2) is 5.85. The SMILES string of the molecule is C=C1c2ccccc2C(=O)N1CC(=O)N1CCOC(C(=O)O)C1. The first-order valence-electron chi connectivity index (χ1n) is 7.21. The van der Waals surface area contributed by atoms with Gasteiger partial charge in [-0.2, -0.15) is 0 Å². The number of benzene rings is 1. The summed E-state index contributed by atoms with van der Waals surface area (Å²) in [5.74, 6) is -1.68. The Kier molecular flexibility index (Phi) is 3.87. The highest BCUT2D eigenvalue weighted by molar-refractivity contribution is 6.10. The zero-order valence-corrected chi connectivity index (χ0v) is 12.4. The lowest BCUT2D eigenvalue weighted by atomic mass is 10.1. The highest BCUT2D eigenvalue weighted by Gasteiger charge is 2.35. The van der Waals surface area contributed by atoms with Crippen LogP contribution in [-0.2, 0) is 14.3 Å². The summed E-state index contributed by atoms with van der Waals surface area (Å²) in [6, 6.07) is 7.05. The van der Waals surface area contributed by atoms with Gasteiger partial charge in [0.2, 0.25) is 5.91 Å². The van der Waals surface area contributed by atoms with Gasteiger partial charge in [-0.15, -0.1) is 0 Å². The van der Waals surface area contributed by atoms with Gasteiger partial charge >= 0.3 is 5.97 Å². The maximum Gasteiger partial charge on any atom is 0.334 e. The molecule has 2 amide bonds. The first-order chi connectivity index (χ1) is 11.0. The van der Waals surface area contributed by atoms with Gasteiger partial charge in [-0.1, -0.05) is 24.8 Å². The molecule has 0 radical (unpaired) electrons. The third kappa shape index (κ3) is 2.70. The lowest BCUT2D eigenvalue weighted by Gasteiger charge is -2.32. The molecule has 1 unspecified atom stereocenters. The second-order valence-corrected chi connectivity index (χ2v) is 5.42. The fourth-order valence-corrected chi connectivity index (χ4v) is 2.76. The highest BCUT2D eigenvalue weighted by atomic mass is 16.5. The smallest absolute Gasteiger partial charge is 0.334 e. The Morgan fingerprint density at radius 3 is 2.65 bits per heavy atom. The second-order valence-electron chi connectivity index (χ2n) is 5.42. The van der Waals surface area contributed by atoms with Crippen molar-refractivity contribution in [2.45, 2.75) is 6.10 Å². The van der Waals surface area contributed by atoms with Gasteiger partial charge in [-0.3, -0.25) is 14.5 Å². The van der Waals surface area contributed by atoms with Crippen molar-refractivity contribution in [3.63, 3.8) is 0 Å². The summed E-state index contributed by atoms with van der Waals surface area (Å²) in [5, 5.41) is 8.98. The molecule has 7 heteroatoms. The number of carboxylic acids is 1. The van der Waals surface area contributed by atoms with Crippen LogP contribution in [0.15, 0.2) is 30.8 Å². The Balaban J connectivity index is 1.71. The normalized spacial score (nSPS) is 20.6. The number of fused-ring (bicyclic) bond motifs is 1. The molecule has 2 aliphatic heterocycles. The van der Waals surface area contributed by atoms with E-state index < -0.39 is 12.1 Å². The molecule has 7 nitrogen and oxygen atoms in total. The van der Waals surface area contributed by atoms with E-state index in [0.29, 0.717) is 17.8 Å². The number of hydrogen-bond donors (Lipinski definition) is 1. The number of carbonyl (C=O) groups excluding carboxylic acids is 2. The van der Waals surface area contributed by atoms with E-state index in [1.165, 1.54) is 9.80 Å². The van der Waals surface area contributed by atoms with Gasteiger partial charge in [0.1, 0.15) is 6.54 Å². The molecule has 1 N–H and O–H groups in total. The minimum atomic E-state index is -1.10. The third-order valence-corrected chi connectivity index (χ3v) is 4.03. The largest absolute Gasteiger partial charge is 0.479 e. The summed E-state index contributed by atoms with van der Waals surface area (Å²) < 4.78 is 5.09. The Hall–Kier alpha value is -2.67. The molecular weight excluding hydrogens is 300 g/mol. The molecule has 0 bridgehead atoms. The minimum Gasteiger partial charge on any atom is -0.479 e. The number of amides is 2. The lowest BCUT2D eigenvalue weighted by molar-refractivity contribution is -0.159. The van der Waals surface area contributed by atoms with Crippen LogP contribution in [0.1, 0.15) is 15.9 Å². The summed E-state index contributed by atoms with van der Waals surface area (Å²) in [7, 11) is 0. The summed E-state index contributed by atoms with van der Waals surface area (Å²) in [4.78, 5) is 38.5. The van der Waals surface area contributed by atoms with Crippen molar-refractivity contribution in [3.8, 4) is 0 Å². The third-order valence-electron chi connectivity index (χ3n) is 4.03. The van der Waals surface area contributed by atoms with Crippen molar-refractivity contribution < 1.29 is 24.2 Å². The molecule has 1 atom stereocenters. The molecule has 120 valence electrons. The van der Waals surface area contributed by atoms with Gasteiger partial charge in [0.25, 0.3) is 5.91 Å². The first-order valence-corrected chi connectivity index (χ1v) is 7.21. The Morgan fingerprint density at radius 1 is 1.30 bits per heavy atom. The highest BCUT2D eigenvalue weighted by Crippen LogP contribution is 2.30. The molecule has 2 heterocycles. The maximum atomic E-state index is 12.4. The van der Waals surface area contributed by atoms with E-state index >= 15 is 0 Å². The number of carboxylic acid groups (broad SMARTS) is 1. The van der Waals surface area contributed by atoms with Crippen LogP contribution in [0.25, 0.3) is 5.70 Å². The number of ether oxygens (including phenoxy) is 1. The van der Waals surface area contributed by atoms with E-state index in [0.717, 1.165) is 5.56 Å². The van der Waals surface area contributed by atoms with Gasteiger partial charge in [0.15, 0.2) is 6.10 Å². The van der Waals surface area contributed by atoms with Crippen LogP contribution in [0.2, 0.25) is 0 Å². The van der Waals surface area contributed by atoms with Crippen LogP contribution in [0, 0.1) is 0 Å². The molecular formula is C16H16N2O5. The number of aliphatic carboxylic acids is 1. The van der Waals surface area contributed by atoms with Gasteiger partial charge in [-0.05, 0) is 6.07 Å². The standard InChI is InChI=1S/C16H16N2O5/c1-10-11-4-2-3-5-12(11)15(20)18(10)9-14(19)17-6-7-23-13(8-17)16(21)22/h2-5,13H,1,6-9H2,(H,21,22). The number of hydrogen-bond acceptors (Lipinski definition) is 4. The molecule has 0 saturated carbocycles. The summed E-state index contributed by atoms with van der Waals surface area (Å²) in [6.45, 7) is 4.19. The van der Waals surface area contributed by atoms with Crippen LogP contribution in [0.4, 0.5) is 0 Å². The maximum absolute atomic E-state index is 12.4. The van der Waals surface area contributed by atoms with Crippen LogP contribution in [0.3, 0.4) is 0 Å². The predicted molar refractivity (Wildman–Crippen MR) is 80.5 cm³/mol. The van der Waals surface area contributed by atoms with Crippen molar-refractivity contribution >= 4 is 23.5 Å². The van der Waals surface area contributed by atoms with E-state index in [9.17, 15) is 14.4 Å². The fraction of sp³-hybridized carbons (Fsp3) is 0.312. The summed E-state index contributed by atoms with van der Waals surface area (Å²) in [5.41, 5.74) is 1.73. The molecule has 2 aliphatic rings. The summed E-state index contributed by atoms with van der Waals surface area (Å²) in [6.07, 6.45) is -1.03. The van der Waals surface area contributed by atoms with Crippen molar-refractivity contribution in [1.29, 1.82) is 0 Å². The van der Waals surface area contributed by atoms with E-state index in [1.807, 2.05) is 6.07 Å². The Labute approximate surface area is 132 Å². The topological polar surface area (TPSA) is 87.2 Å². The van der Waals surface area contributed by atoms with Gasteiger partial charge in [0, 0.05) is 23.4 Å². The zero-order valence-electron chi connectivity index (χ0n) is 12.4. The Bertz CT molecular complexity index is 664. The molecule has 0 spiro atoms. The average molecular weight is 316 g/mol. The predicted octanol–water partition coefficient (Wildman–Crippen LogP) is 0.425. The van der Waals surface area contributed by atoms with E-state index in [1.54, 1.807) is 18.2 Å². The van der Waals surface area contributed by atoms with Crippen molar-refractivity contribution in [2.75, 3.05) is 26.2 Å². The fourth-order valence-electron chi connectivity index (χ4n) is 2.76. The van der Waals surface area contributed by atoms with Crippen molar-refractivity contribution in [2.24, 2.45) is 0 Å².